The molecule has 12 heteroatoms. The third-order valence-electron chi connectivity index (χ3n) is 4.77. The number of amides is 2. The van der Waals surface area contributed by atoms with Crippen LogP contribution in [-0.2, 0) is 10.0 Å². The summed E-state index contributed by atoms with van der Waals surface area (Å²) < 4.78 is 27.8. The fraction of sp³-hybridized carbons (Fsp3) is 0.200. The van der Waals surface area contributed by atoms with E-state index >= 15 is 0 Å². The van der Waals surface area contributed by atoms with Gasteiger partial charge in [0.15, 0.2) is 0 Å². The van der Waals surface area contributed by atoms with Gasteiger partial charge >= 0.3 is 0 Å². The van der Waals surface area contributed by atoms with Crippen molar-refractivity contribution in [2.75, 3.05) is 23.1 Å². The summed E-state index contributed by atoms with van der Waals surface area (Å²) in [7, 11) is -4.13. The van der Waals surface area contributed by atoms with Crippen LogP contribution in [0.25, 0.3) is 0 Å². The fourth-order valence-electron chi connectivity index (χ4n) is 3.22. The number of sulfonamides is 1. The van der Waals surface area contributed by atoms with E-state index in [1.54, 1.807) is 41.3 Å². The summed E-state index contributed by atoms with van der Waals surface area (Å²) in [5, 5.41) is 10.2. The molecule has 2 N–H and O–H groups in total. The molecule has 0 bridgehead atoms. The molecule has 32 heavy (non-hydrogen) atoms. The van der Waals surface area contributed by atoms with Crippen molar-refractivity contribution >= 4 is 55.6 Å². The topological polar surface area (TPSA) is 121 Å². The molecule has 1 fully saturated rings. The molecule has 4 rings (SSSR count). The highest BCUT2D eigenvalue weighted by Gasteiger charge is 2.26. The second-order valence-corrected chi connectivity index (χ2v) is 10.2. The molecule has 0 atom stereocenters. The minimum atomic E-state index is -4.13. The molecule has 1 aromatic heterocycles. The Hall–Kier alpha value is -3.02. The predicted octanol–water partition coefficient (Wildman–Crippen LogP) is 3.48. The molecule has 0 spiro atoms. The van der Waals surface area contributed by atoms with E-state index in [4.69, 9.17) is 11.6 Å². The first kappa shape index (κ1) is 22.2. The first-order chi connectivity index (χ1) is 15.3. The van der Waals surface area contributed by atoms with E-state index in [9.17, 15) is 18.0 Å². The third-order valence-corrected chi connectivity index (χ3v) is 7.67. The van der Waals surface area contributed by atoms with Gasteiger partial charge in [0.2, 0.25) is 5.13 Å². The number of benzene rings is 2. The number of nitrogens with one attached hydrogen (secondary N) is 2. The van der Waals surface area contributed by atoms with Crippen molar-refractivity contribution in [3.05, 3.63) is 64.7 Å². The number of carbonyl (C=O) groups is 2. The molecule has 0 radical (unpaired) electrons. The Kier molecular flexibility index (Phi) is 6.40. The zero-order valence-corrected chi connectivity index (χ0v) is 19.0. The summed E-state index contributed by atoms with van der Waals surface area (Å²) in [6.45, 7) is 1.29. The lowest BCUT2D eigenvalue weighted by atomic mass is 10.1. The lowest BCUT2D eigenvalue weighted by molar-refractivity contribution is 0.0793. The largest absolute Gasteiger partial charge is 0.339 e. The van der Waals surface area contributed by atoms with E-state index in [2.05, 4.69) is 20.2 Å². The molecule has 2 heterocycles. The SMILES string of the molecule is O=C(Nc1nnc(S(=O)(=O)Nc2ccccc2C(=O)N2CCCC2)s1)c1ccccc1Cl. The normalized spacial score (nSPS) is 13.7. The van der Waals surface area contributed by atoms with Crippen molar-refractivity contribution in [1.82, 2.24) is 15.1 Å². The van der Waals surface area contributed by atoms with Crippen LogP contribution in [0.1, 0.15) is 33.6 Å². The molecule has 166 valence electrons. The lowest BCUT2D eigenvalue weighted by Crippen LogP contribution is -2.28. The molecule has 2 amide bonds. The molecule has 1 saturated heterocycles. The summed E-state index contributed by atoms with van der Waals surface area (Å²) in [5.74, 6) is -0.768. The van der Waals surface area contributed by atoms with E-state index in [0.29, 0.717) is 24.4 Å². The van der Waals surface area contributed by atoms with Crippen LogP contribution < -0.4 is 10.0 Å². The number of hydrogen-bond acceptors (Lipinski definition) is 7. The molecule has 3 aromatic rings. The molecule has 1 aliphatic heterocycles. The first-order valence-corrected chi connectivity index (χ1v) is 12.3. The van der Waals surface area contributed by atoms with Crippen molar-refractivity contribution in [1.29, 1.82) is 0 Å². The van der Waals surface area contributed by atoms with Gasteiger partial charge in [-0.25, -0.2) is 0 Å². The van der Waals surface area contributed by atoms with Crippen molar-refractivity contribution in [3.8, 4) is 0 Å². The van der Waals surface area contributed by atoms with Crippen molar-refractivity contribution < 1.29 is 18.0 Å². The highest BCUT2D eigenvalue weighted by atomic mass is 35.5. The molecule has 0 unspecified atom stereocenters. The van der Waals surface area contributed by atoms with Gasteiger partial charge in [-0.05, 0) is 37.1 Å². The number of carbonyl (C=O) groups excluding carboxylic acids is 2. The second kappa shape index (κ2) is 9.23. The Morgan fingerprint density at radius 3 is 2.34 bits per heavy atom. The Morgan fingerprint density at radius 2 is 1.62 bits per heavy atom. The summed E-state index contributed by atoms with van der Waals surface area (Å²) in [4.78, 5) is 26.8. The van der Waals surface area contributed by atoms with E-state index in [0.717, 1.165) is 12.8 Å². The van der Waals surface area contributed by atoms with Crippen molar-refractivity contribution in [3.63, 3.8) is 0 Å². The summed E-state index contributed by atoms with van der Waals surface area (Å²) in [6.07, 6.45) is 1.85. The molecule has 9 nitrogen and oxygen atoms in total. The van der Waals surface area contributed by atoms with Gasteiger partial charge < -0.3 is 4.90 Å². The van der Waals surface area contributed by atoms with Gasteiger partial charge in [-0.1, -0.05) is 47.2 Å². The lowest BCUT2D eigenvalue weighted by Gasteiger charge is -2.17. The summed E-state index contributed by atoms with van der Waals surface area (Å²) in [6, 6.07) is 12.8. The fourth-order valence-corrected chi connectivity index (χ4v) is 5.41. The Labute approximate surface area is 193 Å². The molecular formula is C20H18ClN5O4S2. The second-order valence-electron chi connectivity index (χ2n) is 6.96. The van der Waals surface area contributed by atoms with Crippen LogP contribution in [0.2, 0.25) is 5.02 Å². The van der Waals surface area contributed by atoms with Gasteiger partial charge in [0, 0.05) is 13.1 Å². The molecule has 1 aliphatic rings. The minimum Gasteiger partial charge on any atom is -0.339 e. The maximum absolute atomic E-state index is 12.9. The third kappa shape index (κ3) is 4.74. The molecular weight excluding hydrogens is 474 g/mol. The average Bonchev–Trinajstić information content (AvgIpc) is 3.46. The van der Waals surface area contributed by atoms with Gasteiger partial charge in [-0.3, -0.25) is 19.6 Å². The number of para-hydroxylation sites is 1. The minimum absolute atomic E-state index is 0.00303. The van der Waals surface area contributed by atoms with Crippen LogP contribution in [0.15, 0.2) is 52.9 Å². The zero-order valence-electron chi connectivity index (χ0n) is 16.6. The van der Waals surface area contributed by atoms with E-state index in [1.165, 1.54) is 12.1 Å². The number of hydrogen-bond donors (Lipinski definition) is 2. The van der Waals surface area contributed by atoms with Gasteiger partial charge in [0.05, 0.1) is 21.8 Å². The van der Waals surface area contributed by atoms with Gasteiger partial charge in [-0.2, -0.15) is 8.42 Å². The average molecular weight is 492 g/mol. The predicted molar refractivity (Wildman–Crippen MR) is 122 cm³/mol. The van der Waals surface area contributed by atoms with Crippen LogP contribution in [0.5, 0.6) is 0 Å². The number of halogens is 1. The van der Waals surface area contributed by atoms with E-state index < -0.39 is 15.9 Å². The van der Waals surface area contributed by atoms with Crippen LogP contribution >= 0.6 is 22.9 Å². The number of rotatable bonds is 6. The smallest absolute Gasteiger partial charge is 0.291 e. The Balaban J connectivity index is 1.52. The molecule has 0 saturated carbocycles. The zero-order chi connectivity index (χ0) is 22.7. The number of anilines is 2. The van der Waals surface area contributed by atoms with Crippen LogP contribution in [-0.4, -0.2) is 48.4 Å². The Morgan fingerprint density at radius 1 is 0.969 bits per heavy atom. The van der Waals surface area contributed by atoms with E-state index in [1.807, 2.05) is 0 Å². The van der Waals surface area contributed by atoms with E-state index in [-0.39, 0.29) is 37.2 Å². The first-order valence-electron chi connectivity index (χ1n) is 9.66. The standard InChI is InChI=1S/C20H18ClN5O4S2/c21-15-9-3-1-7-13(15)17(27)22-19-23-24-20(31-19)32(29,30)25-16-10-4-2-8-14(16)18(28)26-11-5-6-12-26/h1-4,7-10,25H,5-6,11-12H2,(H,22,23,27). The molecule has 0 aliphatic carbocycles. The monoisotopic (exact) mass is 491 g/mol. The van der Waals surface area contributed by atoms with Gasteiger partial charge in [0.25, 0.3) is 26.2 Å². The van der Waals surface area contributed by atoms with Crippen LogP contribution in [0.3, 0.4) is 0 Å². The molecule has 2 aromatic carbocycles. The Bertz CT molecular complexity index is 1270. The highest BCUT2D eigenvalue weighted by molar-refractivity contribution is 7.94. The maximum atomic E-state index is 12.9. The number of likely N-dealkylation sites (tertiary alicyclic amines) is 1. The number of nitrogens with zero attached hydrogens (tertiary/aromatic N) is 3. The van der Waals surface area contributed by atoms with Crippen LogP contribution in [0, 0.1) is 0 Å². The highest BCUT2D eigenvalue weighted by Crippen LogP contribution is 2.26. The maximum Gasteiger partial charge on any atom is 0.291 e. The van der Waals surface area contributed by atoms with Gasteiger partial charge in [-0.15, -0.1) is 10.2 Å². The number of aromatic nitrogens is 2. The van der Waals surface area contributed by atoms with Crippen molar-refractivity contribution in [2.24, 2.45) is 0 Å². The quantitative estimate of drug-likeness (QED) is 0.509. The summed E-state index contributed by atoms with van der Waals surface area (Å²) in [5.41, 5.74) is 0.636. The summed E-state index contributed by atoms with van der Waals surface area (Å²) >= 11 is 6.69. The van der Waals surface area contributed by atoms with Gasteiger partial charge in [0.1, 0.15) is 0 Å². The van der Waals surface area contributed by atoms with Crippen molar-refractivity contribution in [2.45, 2.75) is 17.2 Å². The van der Waals surface area contributed by atoms with Crippen LogP contribution in [0.4, 0.5) is 10.8 Å².